The van der Waals surface area contributed by atoms with Gasteiger partial charge in [0.15, 0.2) is 6.61 Å². The van der Waals surface area contributed by atoms with Crippen LogP contribution >= 0.6 is 0 Å². The van der Waals surface area contributed by atoms with Crippen LogP contribution in [-0.2, 0) is 9.59 Å². The van der Waals surface area contributed by atoms with Crippen LogP contribution in [0.1, 0.15) is 18.9 Å². The Kier molecular flexibility index (Phi) is 6.77. The Morgan fingerprint density at radius 3 is 2.50 bits per heavy atom. The highest BCUT2D eigenvalue weighted by Gasteiger charge is 2.14. The highest BCUT2D eigenvalue weighted by Crippen LogP contribution is 2.36. The number of nitrogens with zero attached hydrogens (tertiary/aromatic N) is 1. The van der Waals surface area contributed by atoms with Crippen molar-refractivity contribution in [1.82, 2.24) is 5.43 Å². The third-order valence-corrected chi connectivity index (χ3v) is 5.15. The quantitative estimate of drug-likeness (QED) is 0.291. The number of para-hydroxylation sites is 1. The lowest BCUT2D eigenvalue weighted by Crippen LogP contribution is -2.26. The second-order valence-corrected chi connectivity index (χ2v) is 7.86. The lowest BCUT2D eigenvalue weighted by atomic mass is 10.1. The van der Waals surface area contributed by atoms with E-state index in [-0.39, 0.29) is 18.9 Å². The van der Waals surface area contributed by atoms with E-state index < -0.39 is 5.91 Å². The molecule has 0 saturated carbocycles. The predicted molar refractivity (Wildman–Crippen MR) is 131 cm³/mol. The number of amides is 2. The molecular weight excluding hydrogens is 434 g/mol. The highest BCUT2D eigenvalue weighted by molar-refractivity contribution is 6.10. The van der Waals surface area contributed by atoms with Gasteiger partial charge in [0.2, 0.25) is 5.91 Å². The van der Waals surface area contributed by atoms with E-state index in [0.717, 1.165) is 21.9 Å². The van der Waals surface area contributed by atoms with Crippen molar-refractivity contribution >= 4 is 45.2 Å². The molecule has 0 bridgehead atoms. The maximum absolute atomic E-state index is 12.6. The second kappa shape index (κ2) is 10.1. The molecule has 1 aromatic heterocycles. The molecule has 0 fully saturated rings. The standard InChI is InChI=1S/C26H25N3O5/c1-16-8-10-18(11-9-16)33-15-26(31)29-28-17(2)12-25(30)27-21-14-23-20(13-24(21)32-3)19-6-4-5-7-22(19)34-23/h4-11,13-14H,12,15H2,1-3H3,(H,27,30)(H,29,31)/b28-17+. The highest BCUT2D eigenvalue weighted by atomic mass is 16.5. The first-order valence-electron chi connectivity index (χ1n) is 10.7. The molecule has 0 unspecified atom stereocenters. The van der Waals surface area contributed by atoms with E-state index in [1.165, 1.54) is 0 Å². The van der Waals surface area contributed by atoms with Gasteiger partial charge in [-0.3, -0.25) is 9.59 Å². The van der Waals surface area contributed by atoms with E-state index in [0.29, 0.717) is 28.5 Å². The molecule has 0 atom stereocenters. The number of ether oxygens (including phenoxy) is 2. The molecule has 0 saturated heterocycles. The van der Waals surface area contributed by atoms with Crippen molar-refractivity contribution in [2.24, 2.45) is 5.10 Å². The van der Waals surface area contributed by atoms with Crippen molar-refractivity contribution < 1.29 is 23.5 Å². The van der Waals surface area contributed by atoms with Crippen molar-refractivity contribution in [2.75, 3.05) is 19.0 Å². The number of methoxy groups -OCH3 is 1. The van der Waals surface area contributed by atoms with Gasteiger partial charge in [0.25, 0.3) is 5.91 Å². The number of hydrogen-bond acceptors (Lipinski definition) is 6. The number of hydrazone groups is 1. The largest absolute Gasteiger partial charge is 0.495 e. The van der Waals surface area contributed by atoms with Crippen molar-refractivity contribution in [2.45, 2.75) is 20.3 Å². The number of hydrogen-bond donors (Lipinski definition) is 2. The third kappa shape index (κ3) is 5.35. The van der Waals surface area contributed by atoms with E-state index in [1.54, 1.807) is 32.2 Å². The molecule has 8 heteroatoms. The molecule has 2 amide bonds. The first kappa shape index (κ1) is 22.8. The molecule has 4 aromatic rings. The van der Waals surface area contributed by atoms with Crippen LogP contribution in [0, 0.1) is 6.92 Å². The average molecular weight is 460 g/mol. The summed E-state index contributed by atoms with van der Waals surface area (Å²) in [7, 11) is 1.54. The molecule has 2 N–H and O–H groups in total. The Bertz CT molecular complexity index is 1370. The lowest BCUT2D eigenvalue weighted by molar-refractivity contribution is -0.123. The van der Waals surface area contributed by atoms with E-state index in [1.807, 2.05) is 49.4 Å². The monoisotopic (exact) mass is 459 g/mol. The van der Waals surface area contributed by atoms with Gasteiger partial charge in [0, 0.05) is 22.6 Å². The van der Waals surface area contributed by atoms with Crippen LogP contribution in [0.25, 0.3) is 21.9 Å². The number of carbonyl (C=O) groups is 2. The van der Waals surface area contributed by atoms with Gasteiger partial charge in [0.05, 0.1) is 19.2 Å². The number of aryl methyl sites for hydroxylation is 1. The molecule has 0 aliphatic rings. The fourth-order valence-electron chi connectivity index (χ4n) is 3.46. The molecule has 174 valence electrons. The number of furan rings is 1. The normalized spacial score (nSPS) is 11.4. The van der Waals surface area contributed by atoms with Crippen LogP contribution < -0.4 is 20.2 Å². The van der Waals surface area contributed by atoms with Gasteiger partial charge >= 0.3 is 0 Å². The predicted octanol–water partition coefficient (Wildman–Crippen LogP) is 4.80. The van der Waals surface area contributed by atoms with Crippen LogP contribution in [0.15, 0.2) is 70.2 Å². The summed E-state index contributed by atoms with van der Waals surface area (Å²) in [4.78, 5) is 24.5. The van der Waals surface area contributed by atoms with Gasteiger partial charge in [-0.2, -0.15) is 5.10 Å². The third-order valence-electron chi connectivity index (χ3n) is 5.15. The number of rotatable bonds is 8. The van der Waals surface area contributed by atoms with E-state index in [4.69, 9.17) is 13.9 Å². The molecule has 0 aliphatic carbocycles. The van der Waals surface area contributed by atoms with E-state index in [2.05, 4.69) is 15.8 Å². The fourth-order valence-corrected chi connectivity index (χ4v) is 3.46. The van der Waals surface area contributed by atoms with Crippen LogP contribution in [0.4, 0.5) is 5.69 Å². The Balaban J connectivity index is 1.35. The topological polar surface area (TPSA) is 102 Å². The van der Waals surface area contributed by atoms with Gasteiger partial charge in [-0.05, 0) is 38.1 Å². The minimum atomic E-state index is -0.419. The number of carbonyl (C=O) groups excluding carboxylic acids is 2. The molecule has 0 radical (unpaired) electrons. The molecule has 3 aromatic carbocycles. The van der Waals surface area contributed by atoms with Crippen molar-refractivity contribution in [3.05, 3.63) is 66.2 Å². The number of fused-ring (bicyclic) bond motifs is 3. The zero-order valence-corrected chi connectivity index (χ0v) is 19.2. The molecule has 8 nitrogen and oxygen atoms in total. The van der Waals surface area contributed by atoms with Crippen LogP contribution in [0.5, 0.6) is 11.5 Å². The van der Waals surface area contributed by atoms with Crippen molar-refractivity contribution in [3.63, 3.8) is 0 Å². The van der Waals surface area contributed by atoms with Gasteiger partial charge in [-0.1, -0.05) is 35.9 Å². The summed E-state index contributed by atoms with van der Waals surface area (Å²) in [5, 5.41) is 8.68. The Morgan fingerprint density at radius 2 is 1.74 bits per heavy atom. The number of anilines is 1. The molecule has 1 heterocycles. The second-order valence-electron chi connectivity index (χ2n) is 7.86. The summed E-state index contributed by atoms with van der Waals surface area (Å²) < 4.78 is 16.8. The van der Waals surface area contributed by atoms with Gasteiger partial charge in [0.1, 0.15) is 22.7 Å². The average Bonchev–Trinajstić information content (AvgIpc) is 3.19. The van der Waals surface area contributed by atoms with Gasteiger partial charge in [-0.25, -0.2) is 5.43 Å². The Hall–Kier alpha value is -4.33. The zero-order valence-electron chi connectivity index (χ0n) is 19.2. The van der Waals surface area contributed by atoms with Gasteiger partial charge < -0.3 is 19.2 Å². The van der Waals surface area contributed by atoms with Gasteiger partial charge in [-0.15, -0.1) is 0 Å². The van der Waals surface area contributed by atoms with Crippen LogP contribution in [0.3, 0.4) is 0 Å². The number of nitrogens with one attached hydrogen (secondary N) is 2. The summed E-state index contributed by atoms with van der Waals surface area (Å²) in [5.74, 6) is 0.386. The summed E-state index contributed by atoms with van der Waals surface area (Å²) in [6.07, 6.45) is -0.0135. The molecular formula is C26H25N3O5. The number of benzene rings is 3. The Labute approximate surface area is 196 Å². The maximum atomic E-state index is 12.6. The summed E-state index contributed by atoms with van der Waals surface area (Å²) >= 11 is 0. The smallest absolute Gasteiger partial charge is 0.277 e. The first-order chi connectivity index (χ1) is 16.4. The Morgan fingerprint density at radius 1 is 0.971 bits per heavy atom. The van der Waals surface area contributed by atoms with E-state index >= 15 is 0 Å². The zero-order chi connectivity index (χ0) is 24.1. The summed E-state index contributed by atoms with van der Waals surface area (Å²) in [6, 6.07) is 18.7. The fraction of sp³-hybridized carbons (Fsp3) is 0.192. The maximum Gasteiger partial charge on any atom is 0.277 e. The van der Waals surface area contributed by atoms with Crippen molar-refractivity contribution in [3.8, 4) is 11.5 Å². The van der Waals surface area contributed by atoms with Crippen molar-refractivity contribution in [1.29, 1.82) is 0 Å². The minimum Gasteiger partial charge on any atom is -0.495 e. The minimum absolute atomic E-state index is 0.0135. The molecule has 34 heavy (non-hydrogen) atoms. The van der Waals surface area contributed by atoms with Crippen LogP contribution in [-0.4, -0.2) is 31.2 Å². The summed E-state index contributed by atoms with van der Waals surface area (Å²) in [5.41, 5.74) is 5.82. The lowest BCUT2D eigenvalue weighted by Gasteiger charge is -2.10. The summed E-state index contributed by atoms with van der Waals surface area (Å²) in [6.45, 7) is 3.44. The first-order valence-corrected chi connectivity index (χ1v) is 10.7. The van der Waals surface area contributed by atoms with Crippen LogP contribution in [0.2, 0.25) is 0 Å². The SMILES string of the molecule is COc1cc2c(cc1NC(=O)C/C(C)=N/NC(=O)COc1ccc(C)cc1)oc1ccccc12. The van der Waals surface area contributed by atoms with E-state index in [9.17, 15) is 9.59 Å². The molecule has 0 aliphatic heterocycles. The molecule has 4 rings (SSSR count). The molecule has 0 spiro atoms.